The molecule has 0 aliphatic rings. The third-order valence-electron chi connectivity index (χ3n) is 3.86. The molecule has 112 valence electrons. The molecule has 0 aromatic heterocycles. The highest BCUT2D eigenvalue weighted by molar-refractivity contribution is 5.89. The Balaban J connectivity index is 2.32. The van der Waals surface area contributed by atoms with E-state index < -0.39 is 5.54 Å². The Morgan fingerprint density at radius 1 is 1.19 bits per heavy atom. The first-order valence-corrected chi connectivity index (χ1v) is 7.12. The molecule has 3 N–H and O–H groups in total. The Kier molecular flexibility index (Phi) is 4.60. The van der Waals surface area contributed by atoms with Crippen LogP contribution >= 0.6 is 0 Å². The van der Waals surface area contributed by atoms with Gasteiger partial charge in [-0.3, -0.25) is 10.1 Å². The van der Waals surface area contributed by atoms with Crippen LogP contribution in [0.5, 0.6) is 0 Å². The number of nitrogens with zero attached hydrogens (tertiary/aromatic N) is 1. The van der Waals surface area contributed by atoms with Crippen LogP contribution in [0.3, 0.4) is 0 Å². The maximum atomic E-state index is 12.0. The van der Waals surface area contributed by atoms with Gasteiger partial charge in [0.1, 0.15) is 5.54 Å². The third-order valence-corrected chi connectivity index (χ3v) is 3.86. The quantitative estimate of drug-likeness (QED) is 0.849. The average Bonchev–Trinajstić information content (AvgIpc) is 2.46. The van der Waals surface area contributed by atoms with Gasteiger partial charge in [0.2, 0.25) is 5.91 Å². The molecule has 0 heterocycles. The zero-order valence-corrected chi connectivity index (χ0v) is 12.9. The number of amides is 1. The van der Waals surface area contributed by atoms with Gasteiger partial charge < -0.3 is 10.6 Å². The summed E-state index contributed by atoms with van der Waals surface area (Å²) in [6.07, 6.45) is 0. The highest BCUT2D eigenvalue weighted by Gasteiger charge is 2.32. The SMILES string of the molecule is CN(C)CCNC(C)(C(N)=O)c1ccc2ccccc2c1. The number of benzene rings is 2. The number of nitrogens with two attached hydrogens (primary N) is 1. The highest BCUT2D eigenvalue weighted by Crippen LogP contribution is 2.24. The molecule has 0 spiro atoms. The second-order valence-electron chi connectivity index (χ2n) is 5.78. The minimum atomic E-state index is -0.861. The summed E-state index contributed by atoms with van der Waals surface area (Å²) in [5, 5.41) is 5.55. The van der Waals surface area contributed by atoms with Crippen molar-refractivity contribution in [2.75, 3.05) is 27.2 Å². The number of primary amides is 1. The van der Waals surface area contributed by atoms with E-state index in [9.17, 15) is 4.79 Å². The average molecular weight is 285 g/mol. The number of likely N-dealkylation sites (N-methyl/N-ethyl adjacent to an activating group) is 1. The van der Waals surface area contributed by atoms with Crippen molar-refractivity contribution in [3.8, 4) is 0 Å². The summed E-state index contributed by atoms with van der Waals surface area (Å²) in [6, 6.07) is 14.1. The minimum absolute atomic E-state index is 0.364. The maximum Gasteiger partial charge on any atom is 0.242 e. The molecule has 1 unspecified atom stereocenters. The molecule has 0 fully saturated rings. The Bertz CT molecular complexity index is 639. The molecule has 4 heteroatoms. The van der Waals surface area contributed by atoms with Gasteiger partial charge in [-0.2, -0.15) is 0 Å². The van der Waals surface area contributed by atoms with Crippen LogP contribution in [0.25, 0.3) is 10.8 Å². The van der Waals surface area contributed by atoms with Gasteiger partial charge >= 0.3 is 0 Å². The summed E-state index contributed by atoms with van der Waals surface area (Å²) in [5.74, 6) is -0.364. The predicted octanol–water partition coefficient (Wildman–Crippen LogP) is 1.69. The summed E-state index contributed by atoms with van der Waals surface area (Å²) in [4.78, 5) is 14.0. The van der Waals surface area contributed by atoms with Crippen molar-refractivity contribution in [3.05, 3.63) is 48.0 Å². The number of fused-ring (bicyclic) bond motifs is 1. The fourth-order valence-electron chi connectivity index (χ4n) is 2.36. The predicted molar refractivity (Wildman–Crippen MR) is 87.1 cm³/mol. The lowest BCUT2D eigenvalue weighted by Gasteiger charge is -2.29. The summed E-state index contributed by atoms with van der Waals surface area (Å²) in [6.45, 7) is 3.38. The molecule has 21 heavy (non-hydrogen) atoms. The normalized spacial score (nSPS) is 14.3. The number of hydrogen-bond acceptors (Lipinski definition) is 3. The van der Waals surface area contributed by atoms with Crippen molar-refractivity contribution in [2.24, 2.45) is 5.73 Å². The van der Waals surface area contributed by atoms with Gasteiger partial charge in [0.05, 0.1) is 0 Å². The van der Waals surface area contributed by atoms with E-state index in [-0.39, 0.29) is 5.91 Å². The maximum absolute atomic E-state index is 12.0. The second kappa shape index (κ2) is 6.24. The Labute approximate surface area is 125 Å². The largest absolute Gasteiger partial charge is 0.368 e. The second-order valence-corrected chi connectivity index (χ2v) is 5.78. The lowest BCUT2D eigenvalue weighted by atomic mass is 9.89. The Morgan fingerprint density at radius 2 is 1.86 bits per heavy atom. The van der Waals surface area contributed by atoms with E-state index >= 15 is 0 Å². The third kappa shape index (κ3) is 3.40. The van der Waals surface area contributed by atoms with Crippen molar-refractivity contribution in [2.45, 2.75) is 12.5 Å². The van der Waals surface area contributed by atoms with Crippen LogP contribution in [0.2, 0.25) is 0 Å². The van der Waals surface area contributed by atoms with Gasteiger partial charge in [0, 0.05) is 13.1 Å². The molecule has 2 rings (SSSR count). The van der Waals surface area contributed by atoms with Gasteiger partial charge in [-0.05, 0) is 43.4 Å². The first-order valence-electron chi connectivity index (χ1n) is 7.12. The lowest BCUT2D eigenvalue weighted by molar-refractivity contribution is -0.124. The molecule has 0 saturated carbocycles. The van der Waals surface area contributed by atoms with Crippen LogP contribution in [0, 0.1) is 0 Å². The van der Waals surface area contributed by atoms with E-state index in [2.05, 4.69) is 16.3 Å². The molecular weight excluding hydrogens is 262 g/mol. The molecule has 2 aromatic rings. The van der Waals surface area contributed by atoms with E-state index in [0.29, 0.717) is 6.54 Å². The summed E-state index contributed by atoms with van der Waals surface area (Å²) >= 11 is 0. The van der Waals surface area contributed by atoms with Gasteiger partial charge in [0.25, 0.3) is 0 Å². The van der Waals surface area contributed by atoms with Crippen molar-refractivity contribution < 1.29 is 4.79 Å². The van der Waals surface area contributed by atoms with Gasteiger partial charge in [0.15, 0.2) is 0 Å². The molecule has 4 nitrogen and oxygen atoms in total. The molecule has 0 aliphatic heterocycles. The van der Waals surface area contributed by atoms with Crippen LogP contribution in [0.15, 0.2) is 42.5 Å². The minimum Gasteiger partial charge on any atom is -0.368 e. The molecule has 1 atom stereocenters. The zero-order chi connectivity index (χ0) is 15.5. The van der Waals surface area contributed by atoms with Crippen molar-refractivity contribution in [3.63, 3.8) is 0 Å². The van der Waals surface area contributed by atoms with Crippen LogP contribution in [-0.4, -0.2) is 38.0 Å². The summed E-state index contributed by atoms with van der Waals surface area (Å²) < 4.78 is 0. The number of carbonyl (C=O) groups is 1. The standard InChI is InChI=1S/C17H23N3O/c1-17(16(18)21,19-10-11-20(2)3)15-9-8-13-6-4-5-7-14(13)12-15/h4-9,12,19H,10-11H2,1-3H3,(H2,18,21). The van der Waals surface area contributed by atoms with Crippen LogP contribution < -0.4 is 11.1 Å². The molecule has 0 aliphatic carbocycles. The van der Waals surface area contributed by atoms with E-state index in [1.165, 1.54) is 0 Å². The fraction of sp³-hybridized carbons (Fsp3) is 0.353. The lowest BCUT2D eigenvalue weighted by Crippen LogP contribution is -2.51. The first-order chi connectivity index (χ1) is 9.93. The van der Waals surface area contributed by atoms with Crippen LogP contribution in [0.4, 0.5) is 0 Å². The van der Waals surface area contributed by atoms with Crippen LogP contribution in [0.1, 0.15) is 12.5 Å². The van der Waals surface area contributed by atoms with Crippen LogP contribution in [-0.2, 0) is 10.3 Å². The molecule has 2 aromatic carbocycles. The fourth-order valence-corrected chi connectivity index (χ4v) is 2.36. The molecule has 0 saturated heterocycles. The van der Waals surface area contributed by atoms with Crippen molar-refractivity contribution in [1.29, 1.82) is 0 Å². The number of rotatable bonds is 6. The Morgan fingerprint density at radius 3 is 2.48 bits per heavy atom. The smallest absolute Gasteiger partial charge is 0.242 e. The molecule has 1 amide bonds. The van der Waals surface area contributed by atoms with Gasteiger partial charge in [-0.15, -0.1) is 0 Å². The van der Waals surface area contributed by atoms with E-state index in [4.69, 9.17) is 5.73 Å². The number of hydrogen-bond donors (Lipinski definition) is 2. The number of carbonyl (C=O) groups excluding carboxylic acids is 1. The molecule has 0 bridgehead atoms. The zero-order valence-electron chi connectivity index (χ0n) is 12.9. The topological polar surface area (TPSA) is 58.4 Å². The summed E-state index contributed by atoms with van der Waals surface area (Å²) in [7, 11) is 4.00. The summed E-state index contributed by atoms with van der Waals surface area (Å²) in [5.41, 5.74) is 5.68. The van der Waals surface area contributed by atoms with E-state index in [1.807, 2.05) is 57.4 Å². The van der Waals surface area contributed by atoms with Gasteiger partial charge in [-0.25, -0.2) is 0 Å². The van der Waals surface area contributed by atoms with E-state index in [1.54, 1.807) is 0 Å². The monoisotopic (exact) mass is 285 g/mol. The molecule has 0 radical (unpaired) electrons. The highest BCUT2D eigenvalue weighted by atomic mass is 16.1. The Hall–Kier alpha value is -1.91. The first kappa shape index (κ1) is 15.5. The van der Waals surface area contributed by atoms with Gasteiger partial charge in [-0.1, -0.05) is 36.4 Å². The van der Waals surface area contributed by atoms with E-state index in [0.717, 1.165) is 22.9 Å². The molecular formula is C17H23N3O. The number of nitrogens with one attached hydrogen (secondary N) is 1. The van der Waals surface area contributed by atoms with Crippen molar-refractivity contribution >= 4 is 16.7 Å². The van der Waals surface area contributed by atoms with Crippen molar-refractivity contribution in [1.82, 2.24) is 10.2 Å².